The van der Waals surface area contributed by atoms with Crippen molar-refractivity contribution in [2.45, 2.75) is 85.0 Å². The summed E-state index contributed by atoms with van der Waals surface area (Å²) in [5, 5.41) is 7.98. The molecule has 3 amide bonds. The van der Waals surface area contributed by atoms with Crippen LogP contribution in [0.1, 0.15) is 70.2 Å². The third kappa shape index (κ3) is 7.00. The van der Waals surface area contributed by atoms with Crippen LogP contribution < -0.4 is 10.6 Å². The Morgan fingerprint density at radius 1 is 0.925 bits per heavy atom. The van der Waals surface area contributed by atoms with Crippen molar-refractivity contribution in [3.8, 4) is 0 Å². The van der Waals surface area contributed by atoms with Crippen molar-refractivity contribution >= 4 is 34.4 Å². The molecule has 0 bridgehead atoms. The van der Waals surface area contributed by atoms with E-state index in [4.69, 9.17) is 4.74 Å². The number of carbonyl (C=O) groups excluding carboxylic acids is 3. The van der Waals surface area contributed by atoms with Crippen molar-refractivity contribution in [3.63, 3.8) is 0 Å². The van der Waals surface area contributed by atoms with Crippen LogP contribution in [0.3, 0.4) is 0 Å². The quantitative estimate of drug-likeness (QED) is 0.332. The van der Waals surface area contributed by atoms with Gasteiger partial charge in [0.15, 0.2) is 0 Å². The SMILES string of the molecule is Cc1ccc(C)c(C(C(=O)Nc2ccc3ccccc3c2)N(C(=O)C(NC(=O)OC(C)(C)C)C(C)C)C2CC2)c1. The molecule has 0 saturated heterocycles. The molecule has 1 aliphatic carbocycles. The number of hydrogen-bond donors (Lipinski definition) is 2. The number of nitrogens with zero attached hydrogens (tertiary/aromatic N) is 1. The second-order valence-electron chi connectivity index (χ2n) is 12.2. The Hall–Kier alpha value is -3.87. The van der Waals surface area contributed by atoms with Crippen LogP contribution in [0.4, 0.5) is 10.5 Å². The van der Waals surface area contributed by atoms with E-state index in [1.807, 2.05) is 88.4 Å². The number of benzene rings is 3. The lowest BCUT2D eigenvalue weighted by Gasteiger charge is -2.36. The van der Waals surface area contributed by atoms with Gasteiger partial charge < -0.3 is 20.3 Å². The van der Waals surface area contributed by atoms with Crippen LogP contribution in [0.2, 0.25) is 0 Å². The van der Waals surface area contributed by atoms with Gasteiger partial charge in [0.05, 0.1) is 0 Å². The third-order valence-electron chi connectivity index (χ3n) is 7.07. The van der Waals surface area contributed by atoms with E-state index in [2.05, 4.69) is 10.6 Å². The minimum atomic E-state index is -0.868. The van der Waals surface area contributed by atoms with Crippen LogP contribution in [0.25, 0.3) is 10.8 Å². The first kappa shape index (κ1) is 29.1. The molecule has 7 heteroatoms. The van der Waals surface area contributed by atoms with Gasteiger partial charge in [-0.25, -0.2) is 4.79 Å². The Balaban J connectivity index is 1.72. The van der Waals surface area contributed by atoms with Gasteiger partial charge in [0.25, 0.3) is 5.91 Å². The number of nitrogens with one attached hydrogen (secondary N) is 2. The summed E-state index contributed by atoms with van der Waals surface area (Å²) in [7, 11) is 0. The van der Waals surface area contributed by atoms with E-state index < -0.39 is 23.8 Å². The fourth-order valence-electron chi connectivity index (χ4n) is 4.93. The fourth-order valence-corrected chi connectivity index (χ4v) is 4.93. The van der Waals surface area contributed by atoms with E-state index in [0.29, 0.717) is 5.69 Å². The highest BCUT2D eigenvalue weighted by molar-refractivity contribution is 6.00. The highest BCUT2D eigenvalue weighted by Crippen LogP contribution is 2.38. The molecule has 1 aliphatic rings. The fraction of sp³-hybridized carbons (Fsp3) is 0.424. The number of fused-ring (bicyclic) bond motifs is 1. The van der Waals surface area contributed by atoms with Gasteiger partial charge in [-0.05, 0) is 87.4 Å². The van der Waals surface area contributed by atoms with Crippen LogP contribution in [0, 0.1) is 19.8 Å². The molecule has 2 atom stereocenters. The highest BCUT2D eigenvalue weighted by Gasteiger charge is 2.45. The molecule has 3 aromatic rings. The molecule has 3 aromatic carbocycles. The summed E-state index contributed by atoms with van der Waals surface area (Å²) in [5.41, 5.74) is 2.66. The summed E-state index contributed by atoms with van der Waals surface area (Å²) in [6, 6.07) is 17.9. The molecule has 0 aromatic heterocycles. The summed E-state index contributed by atoms with van der Waals surface area (Å²) in [5.74, 6) is -0.795. The molecule has 4 rings (SSSR count). The van der Waals surface area contributed by atoms with E-state index in [1.54, 1.807) is 25.7 Å². The van der Waals surface area contributed by atoms with Crippen LogP contribution in [0.5, 0.6) is 0 Å². The maximum Gasteiger partial charge on any atom is 0.408 e. The first-order chi connectivity index (χ1) is 18.8. The molecular weight excluding hydrogens is 502 g/mol. The Kier molecular flexibility index (Phi) is 8.52. The lowest BCUT2D eigenvalue weighted by Crippen LogP contribution is -2.55. The number of carbonyl (C=O) groups is 3. The first-order valence-corrected chi connectivity index (χ1v) is 14.0. The standard InChI is InChI=1S/C33H41N3O4/c1-20(2)28(35-32(39)40-33(5,6)7)31(38)36(26-16-17-26)29(27-18-21(3)12-13-22(27)4)30(37)34-25-15-14-23-10-8-9-11-24(23)19-25/h8-15,18-20,26,28-29H,16-17H2,1-7H3,(H,34,37)(H,35,39). The van der Waals surface area contributed by atoms with Crippen molar-refractivity contribution in [1.29, 1.82) is 0 Å². The number of rotatable bonds is 8. The van der Waals surface area contributed by atoms with Gasteiger partial charge in [-0.3, -0.25) is 9.59 Å². The predicted molar refractivity (Wildman–Crippen MR) is 159 cm³/mol. The topological polar surface area (TPSA) is 87.7 Å². The molecule has 0 radical (unpaired) electrons. The Morgan fingerprint density at radius 3 is 2.23 bits per heavy atom. The van der Waals surface area contributed by atoms with Crippen LogP contribution in [0.15, 0.2) is 60.7 Å². The van der Waals surface area contributed by atoms with E-state index in [-0.39, 0.29) is 23.8 Å². The van der Waals surface area contributed by atoms with E-state index in [9.17, 15) is 14.4 Å². The molecule has 0 aliphatic heterocycles. The largest absolute Gasteiger partial charge is 0.444 e. The summed E-state index contributed by atoms with van der Waals surface area (Å²) in [6.07, 6.45) is 0.945. The van der Waals surface area contributed by atoms with Crippen LogP contribution in [-0.4, -0.2) is 40.5 Å². The maximum absolute atomic E-state index is 14.3. The Morgan fingerprint density at radius 2 is 1.60 bits per heavy atom. The highest BCUT2D eigenvalue weighted by atomic mass is 16.6. The minimum absolute atomic E-state index is 0.0959. The number of alkyl carbamates (subject to hydrolysis) is 1. The number of ether oxygens (including phenoxy) is 1. The molecule has 7 nitrogen and oxygen atoms in total. The van der Waals surface area contributed by atoms with Gasteiger partial charge in [-0.2, -0.15) is 0 Å². The molecule has 1 fully saturated rings. The second-order valence-corrected chi connectivity index (χ2v) is 12.2. The van der Waals surface area contributed by atoms with Gasteiger partial charge in [-0.15, -0.1) is 0 Å². The number of aryl methyl sites for hydroxylation is 2. The summed E-state index contributed by atoms with van der Waals surface area (Å²) in [4.78, 5) is 42.9. The van der Waals surface area contributed by atoms with Gasteiger partial charge >= 0.3 is 6.09 Å². The van der Waals surface area contributed by atoms with Crippen LogP contribution >= 0.6 is 0 Å². The molecule has 1 saturated carbocycles. The zero-order valence-electron chi connectivity index (χ0n) is 24.6. The van der Waals surface area contributed by atoms with Gasteiger partial charge in [0.1, 0.15) is 17.7 Å². The van der Waals surface area contributed by atoms with Crippen molar-refractivity contribution in [3.05, 3.63) is 77.4 Å². The van der Waals surface area contributed by atoms with E-state index in [0.717, 1.165) is 40.3 Å². The van der Waals surface area contributed by atoms with Crippen molar-refractivity contribution in [2.24, 2.45) is 5.92 Å². The number of hydrogen-bond acceptors (Lipinski definition) is 4. The summed E-state index contributed by atoms with van der Waals surface area (Å²) < 4.78 is 5.47. The first-order valence-electron chi connectivity index (χ1n) is 14.0. The molecule has 0 spiro atoms. The smallest absolute Gasteiger partial charge is 0.408 e. The summed E-state index contributed by atoms with van der Waals surface area (Å²) >= 11 is 0. The number of anilines is 1. The lowest BCUT2D eigenvalue weighted by molar-refractivity contribution is -0.142. The molecule has 2 unspecified atom stereocenters. The molecular formula is C33H41N3O4. The maximum atomic E-state index is 14.3. The van der Waals surface area contributed by atoms with Crippen molar-refractivity contribution in [2.75, 3.05) is 5.32 Å². The van der Waals surface area contributed by atoms with Gasteiger partial charge in [0.2, 0.25) is 5.91 Å². The summed E-state index contributed by atoms with van der Waals surface area (Å²) in [6.45, 7) is 13.0. The van der Waals surface area contributed by atoms with Crippen molar-refractivity contribution < 1.29 is 19.1 Å². The minimum Gasteiger partial charge on any atom is -0.444 e. The van der Waals surface area contributed by atoms with Gasteiger partial charge in [0, 0.05) is 11.7 Å². The average molecular weight is 544 g/mol. The molecule has 2 N–H and O–H groups in total. The predicted octanol–water partition coefficient (Wildman–Crippen LogP) is 6.68. The normalized spacial score (nSPS) is 14.9. The Bertz CT molecular complexity index is 1400. The zero-order valence-corrected chi connectivity index (χ0v) is 24.6. The molecule has 40 heavy (non-hydrogen) atoms. The second kappa shape index (κ2) is 11.7. The monoisotopic (exact) mass is 543 g/mol. The third-order valence-corrected chi connectivity index (χ3v) is 7.07. The molecule has 0 heterocycles. The Labute approximate surface area is 237 Å². The number of amides is 3. The van der Waals surface area contributed by atoms with Gasteiger partial charge in [-0.1, -0.05) is 67.9 Å². The zero-order chi connectivity index (χ0) is 29.2. The van der Waals surface area contributed by atoms with Crippen LogP contribution in [-0.2, 0) is 14.3 Å². The van der Waals surface area contributed by atoms with Crippen molar-refractivity contribution in [1.82, 2.24) is 10.2 Å². The van der Waals surface area contributed by atoms with E-state index in [1.165, 1.54) is 0 Å². The average Bonchev–Trinajstić information content (AvgIpc) is 3.71. The lowest BCUT2D eigenvalue weighted by atomic mass is 9.94. The van der Waals surface area contributed by atoms with E-state index >= 15 is 0 Å². The molecule has 212 valence electrons.